The zero-order valence-electron chi connectivity index (χ0n) is 24.2. The molecule has 1 aliphatic heterocycles. The number of hydrogen-bond acceptors (Lipinski definition) is 3. The van der Waals surface area contributed by atoms with Crippen LogP contribution < -0.4 is 9.47 Å². The van der Waals surface area contributed by atoms with Crippen molar-refractivity contribution in [2.24, 2.45) is 0 Å². The van der Waals surface area contributed by atoms with Crippen molar-refractivity contribution in [2.45, 2.75) is 0 Å². The van der Waals surface area contributed by atoms with Crippen LogP contribution in [0.1, 0.15) is 0 Å². The predicted octanol–water partition coefficient (Wildman–Crippen LogP) is 9.61. The molecular weight excluding hydrogens is 542 g/mol. The minimum atomic E-state index is 0.728. The lowest BCUT2D eigenvalue weighted by Gasteiger charge is -2.16. The van der Waals surface area contributed by atoms with Crippen molar-refractivity contribution in [3.63, 3.8) is 0 Å². The molecule has 5 heteroatoms. The maximum absolute atomic E-state index is 6.36. The molecule has 0 bridgehead atoms. The number of benzene rings is 5. The van der Waals surface area contributed by atoms with Gasteiger partial charge in [0.1, 0.15) is 23.0 Å². The fraction of sp³-hybridized carbons (Fsp3) is 0.0256. The molecule has 1 aromatic heterocycles. The van der Waals surface area contributed by atoms with Crippen molar-refractivity contribution < 1.29 is 18.6 Å². The van der Waals surface area contributed by atoms with Crippen molar-refractivity contribution in [3.05, 3.63) is 158 Å². The Hall–Kier alpha value is -6.03. The van der Waals surface area contributed by atoms with Crippen molar-refractivity contribution in [3.8, 4) is 56.5 Å². The molecule has 0 atom stereocenters. The number of aromatic nitrogens is 1. The number of pyridine rings is 1. The zero-order chi connectivity index (χ0) is 29.7. The van der Waals surface area contributed by atoms with Gasteiger partial charge in [-0.3, -0.25) is 4.98 Å². The Kier molecular flexibility index (Phi) is 7.36. The van der Waals surface area contributed by atoms with Crippen LogP contribution in [0.25, 0.3) is 33.5 Å². The third-order valence-corrected chi connectivity index (χ3v) is 7.28. The molecule has 6 aromatic rings. The molecule has 210 valence electrons. The van der Waals surface area contributed by atoms with Gasteiger partial charge in [-0.25, -0.2) is 0 Å². The van der Waals surface area contributed by atoms with E-state index in [4.69, 9.17) is 14.5 Å². The molecule has 5 aromatic carbocycles. The molecule has 0 N–H and O–H groups in total. The first-order chi connectivity index (χ1) is 21.7. The lowest BCUT2D eigenvalue weighted by molar-refractivity contribution is -0.429. The molecule has 0 aliphatic carbocycles. The van der Waals surface area contributed by atoms with E-state index in [2.05, 4.69) is 54.5 Å². The zero-order valence-corrected chi connectivity index (χ0v) is 24.2. The van der Waals surface area contributed by atoms with Gasteiger partial charge in [0.15, 0.2) is 7.05 Å². The smallest absolute Gasteiger partial charge is 0.457 e. The monoisotopic (exact) mass is 571 g/mol. The maximum atomic E-state index is 6.36. The summed E-state index contributed by atoms with van der Waals surface area (Å²) in [7, 11) is 1.95. The van der Waals surface area contributed by atoms with Gasteiger partial charge in [0.05, 0.1) is 11.8 Å². The second-order valence-electron chi connectivity index (χ2n) is 10.4. The molecule has 0 saturated heterocycles. The van der Waals surface area contributed by atoms with Gasteiger partial charge in [-0.15, -0.1) is 0 Å². The van der Waals surface area contributed by atoms with E-state index in [1.54, 1.807) is 0 Å². The highest BCUT2D eigenvalue weighted by Crippen LogP contribution is 2.41. The highest BCUT2D eigenvalue weighted by atomic mass is 16.5. The van der Waals surface area contributed by atoms with Crippen LogP contribution in [-0.2, 0) is 0 Å². The van der Waals surface area contributed by atoms with Crippen molar-refractivity contribution in [1.29, 1.82) is 0 Å². The summed E-state index contributed by atoms with van der Waals surface area (Å²) in [5.74, 6) is 3.04. The quantitative estimate of drug-likeness (QED) is 0.171. The Bertz CT molecular complexity index is 2060. The first-order valence-electron chi connectivity index (χ1n) is 14.4. The number of para-hydroxylation sites is 1. The minimum absolute atomic E-state index is 0.728. The van der Waals surface area contributed by atoms with Crippen LogP contribution in [0.2, 0.25) is 0 Å². The van der Waals surface area contributed by atoms with Crippen molar-refractivity contribution >= 4 is 11.7 Å². The topological polar surface area (TPSA) is 37.4 Å². The first kappa shape index (κ1) is 26.8. The van der Waals surface area contributed by atoms with Crippen LogP contribution in [-0.4, -0.2) is 27.2 Å². The molecule has 44 heavy (non-hydrogen) atoms. The Morgan fingerprint density at radius 3 is 1.86 bits per heavy atom. The van der Waals surface area contributed by atoms with E-state index in [-0.39, 0.29) is 0 Å². The molecule has 7 rings (SSSR count). The van der Waals surface area contributed by atoms with E-state index in [0.717, 1.165) is 62.2 Å². The van der Waals surface area contributed by atoms with E-state index in [1.165, 1.54) is 0 Å². The van der Waals surface area contributed by atoms with Crippen LogP contribution in [0.5, 0.6) is 23.0 Å². The number of hydrogen-bond donors (Lipinski definition) is 0. The van der Waals surface area contributed by atoms with Gasteiger partial charge in [-0.05, 0) is 65.2 Å². The predicted molar refractivity (Wildman–Crippen MR) is 174 cm³/mol. The molecular formula is C39H29N3O2+2. The number of nitrogens with zero attached hydrogens (tertiary/aromatic N) is 3. The molecule has 0 amide bonds. The summed E-state index contributed by atoms with van der Waals surface area (Å²) in [6, 6.07) is 49.8. The van der Waals surface area contributed by atoms with E-state index in [9.17, 15) is 0 Å². The number of rotatable bonds is 8. The van der Waals surface area contributed by atoms with Crippen LogP contribution in [0, 0.1) is 0 Å². The molecule has 0 spiro atoms. The summed E-state index contributed by atoms with van der Waals surface area (Å²) in [6.45, 7) is 0. The Morgan fingerprint density at radius 1 is 0.545 bits per heavy atom. The molecule has 0 fully saturated rings. The van der Waals surface area contributed by atoms with Gasteiger partial charge in [0.25, 0.3) is 6.20 Å². The Labute approximate surface area is 256 Å². The molecule has 2 heterocycles. The van der Waals surface area contributed by atoms with Crippen LogP contribution in [0.3, 0.4) is 0 Å². The Morgan fingerprint density at radius 2 is 1.14 bits per heavy atom. The minimum Gasteiger partial charge on any atom is -0.457 e. The molecule has 1 aliphatic rings. The highest BCUT2D eigenvalue weighted by molar-refractivity contribution is 5.93. The third kappa shape index (κ3) is 5.82. The van der Waals surface area contributed by atoms with E-state index < -0.39 is 0 Å². The fourth-order valence-corrected chi connectivity index (χ4v) is 5.26. The molecule has 0 radical (unpaired) electrons. The van der Waals surface area contributed by atoms with Crippen LogP contribution in [0.4, 0.5) is 5.69 Å². The normalized spacial score (nSPS) is 12.0. The first-order valence-corrected chi connectivity index (χ1v) is 14.4. The second-order valence-corrected chi connectivity index (χ2v) is 10.4. The summed E-state index contributed by atoms with van der Waals surface area (Å²) < 4.78 is 16.4. The second kappa shape index (κ2) is 12.1. The van der Waals surface area contributed by atoms with Crippen LogP contribution >= 0.6 is 0 Å². The molecule has 5 nitrogen and oxygen atoms in total. The molecule has 0 unspecified atom stereocenters. The van der Waals surface area contributed by atoms with Crippen LogP contribution in [0.15, 0.2) is 158 Å². The third-order valence-electron chi connectivity index (χ3n) is 7.28. The highest BCUT2D eigenvalue weighted by Gasteiger charge is 2.18. The Balaban J connectivity index is 1.27. The summed E-state index contributed by atoms with van der Waals surface area (Å²) in [5.41, 5.74) is 7.03. The lowest BCUT2D eigenvalue weighted by Crippen LogP contribution is -1.95. The van der Waals surface area contributed by atoms with Gasteiger partial charge in [-0.1, -0.05) is 88.0 Å². The summed E-state index contributed by atoms with van der Waals surface area (Å²) in [6.07, 6.45) is 5.79. The van der Waals surface area contributed by atoms with E-state index >= 15 is 0 Å². The fourth-order valence-electron chi connectivity index (χ4n) is 5.26. The number of ether oxygens (including phenoxy) is 2. The van der Waals surface area contributed by atoms with Crippen molar-refractivity contribution in [2.75, 3.05) is 7.05 Å². The summed E-state index contributed by atoms with van der Waals surface area (Å²) >= 11 is 0. The van der Waals surface area contributed by atoms with Gasteiger partial charge >= 0.3 is 6.01 Å². The van der Waals surface area contributed by atoms with Gasteiger partial charge in [-0.2, -0.15) is 0 Å². The maximum Gasteiger partial charge on any atom is 0.495 e. The molecule has 0 saturated carbocycles. The van der Waals surface area contributed by atoms with Gasteiger partial charge < -0.3 is 9.47 Å². The summed E-state index contributed by atoms with van der Waals surface area (Å²) in [4.78, 5) is 4.91. The average molecular weight is 572 g/mol. The van der Waals surface area contributed by atoms with E-state index in [1.807, 2.05) is 126 Å². The van der Waals surface area contributed by atoms with E-state index in [0.29, 0.717) is 0 Å². The SMILES string of the molecule is C[N+]1=C=[N+](c2cccc(Oc3cccc(-c4nccc(-c5cccc(Oc6ccccc6)c5)c4-c4ccccc4)c3)c2)C=C1. The largest absolute Gasteiger partial charge is 0.495 e. The van der Waals surface area contributed by atoms with Gasteiger partial charge in [0.2, 0.25) is 11.9 Å². The van der Waals surface area contributed by atoms with Gasteiger partial charge in [0, 0.05) is 23.4 Å². The average Bonchev–Trinajstić information content (AvgIpc) is 3.52. The lowest BCUT2D eigenvalue weighted by atomic mass is 9.91. The standard InChI is InChI=1S/C39H29N3O2/c1-41-23-24-42(28-41)32-15-10-20-36(27-32)44-35-19-9-14-31(26-35)39-38(29-11-4-2-5-12-29)37(21-22-40-39)30-13-8-18-34(25-30)43-33-16-6-3-7-17-33/h2-27H,1H3/q+2. The van der Waals surface area contributed by atoms with Crippen molar-refractivity contribution in [1.82, 2.24) is 4.98 Å². The summed E-state index contributed by atoms with van der Waals surface area (Å²) in [5, 5.41) is 0.